The maximum atomic E-state index is 5.57. The fourth-order valence-electron chi connectivity index (χ4n) is 1.82. The second kappa shape index (κ2) is 6.63. The summed E-state index contributed by atoms with van der Waals surface area (Å²) in [5.74, 6) is 5.57. The van der Waals surface area contributed by atoms with E-state index in [0.29, 0.717) is 0 Å². The lowest BCUT2D eigenvalue weighted by atomic mass is 10.0. The summed E-state index contributed by atoms with van der Waals surface area (Å²) in [6.45, 7) is 3.10. The van der Waals surface area contributed by atoms with Crippen LogP contribution in [0.15, 0.2) is 24.3 Å². The van der Waals surface area contributed by atoms with Crippen molar-refractivity contribution in [2.24, 2.45) is 5.84 Å². The Morgan fingerprint density at radius 2 is 1.88 bits per heavy atom. The Balaban J connectivity index is 2.70. The molecule has 0 aliphatic carbocycles. The summed E-state index contributed by atoms with van der Waals surface area (Å²) < 4.78 is 0. The topological polar surface area (TPSA) is 41.3 Å². The Morgan fingerprint density at radius 1 is 1.25 bits per heavy atom. The lowest BCUT2D eigenvalue weighted by molar-refractivity contribution is 0.344. The third kappa shape index (κ3) is 3.93. The van der Waals surface area contributed by atoms with E-state index in [1.807, 2.05) is 0 Å². The average Bonchev–Trinajstić information content (AvgIpc) is 2.27. The van der Waals surface area contributed by atoms with Gasteiger partial charge in [-0.05, 0) is 31.6 Å². The molecular formula is C13H23N3. The van der Waals surface area contributed by atoms with Gasteiger partial charge in [-0.25, -0.2) is 0 Å². The highest BCUT2D eigenvalue weighted by Crippen LogP contribution is 2.14. The van der Waals surface area contributed by atoms with Gasteiger partial charge >= 0.3 is 0 Å². The first-order chi connectivity index (χ1) is 7.67. The molecule has 0 radical (unpaired) electrons. The van der Waals surface area contributed by atoms with E-state index in [-0.39, 0.29) is 6.04 Å². The molecule has 0 bridgehead atoms. The van der Waals surface area contributed by atoms with Crippen LogP contribution in [-0.4, -0.2) is 25.5 Å². The van der Waals surface area contributed by atoms with Crippen LogP contribution < -0.4 is 11.3 Å². The van der Waals surface area contributed by atoms with Gasteiger partial charge in [0.15, 0.2) is 0 Å². The molecule has 1 unspecified atom stereocenters. The number of aryl methyl sites for hydroxylation is 1. The maximum Gasteiger partial charge on any atom is 0.0586 e. The molecule has 16 heavy (non-hydrogen) atoms. The summed E-state index contributed by atoms with van der Waals surface area (Å²) in [6, 6.07) is 8.92. The van der Waals surface area contributed by atoms with Crippen molar-refractivity contribution in [3.63, 3.8) is 0 Å². The van der Waals surface area contributed by atoms with E-state index in [0.717, 1.165) is 13.0 Å². The summed E-state index contributed by atoms with van der Waals surface area (Å²) in [4.78, 5) is 2.13. The molecule has 1 aromatic carbocycles. The number of likely N-dealkylation sites (N-methyl/N-ethyl adjacent to an activating group) is 1. The van der Waals surface area contributed by atoms with Crippen LogP contribution in [0.4, 0.5) is 0 Å². The minimum atomic E-state index is 0.200. The van der Waals surface area contributed by atoms with Crippen molar-refractivity contribution >= 4 is 0 Å². The Kier molecular flexibility index (Phi) is 5.46. The fourth-order valence-corrected chi connectivity index (χ4v) is 1.82. The second-order valence-corrected chi connectivity index (χ2v) is 4.47. The summed E-state index contributed by atoms with van der Waals surface area (Å²) in [5.41, 5.74) is 5.50. The molecule has 1 aromatic rings. The van der Waals surface area contributed by atoms with Crippen LogP contribution in [0, 0.1) is 0 Å². The molecule has 0 spiro atoms. The smallest absolute Gasteiger partial charge is 0.0586 e. The zero-order valence-corrected chi connectivity index (χ0v) is 10.5. The zero-order chi connectivity index (χ0) is 12.0. The number of nitrogens with one attached hydrogen (secondary N) is 1. The van der Waals surface area contributed by atoms with Crippen molar-refractivity contribution in [3.05, 3.63) is 35.4 Å². The average molecular weight is 221 g/mol. The van der Waals surface area contributed by atoms with Crippen molar-refractivity contribution in [1.29, 1.82) is 0 Å². The summed E-state index contributed by atoms with van der Waals surface area (Å²) >= 11 is 0. The first-order valence-electron chi connectivity index (χ1n) is 5.87. The molecule has 3 nitrogen and oxygen atoms in total. The SMILES string of the molecule is CCCc1ccc(C(CN(C)C)NN)cc1. The van der Waals surface area contributed by atoms with E-state index >= 15 is 0 Å². The van der Waals surface area contributed by atoms with E-state index < -0.39 is 0 Å². The number of nitrogens with two attached hydrogens (primary N) is 1. The predicted octanol–water partition coefficient (Wildman–Crippen LogP) is 1.71. The van der Waals surface area contributed by atoms with Gasteiger partial charge in [-0.1, -0.05) is 37.6 Å². The highest BCUT2D eigenvalue weighted by atomic mass is 15.3. The summed E-state index contributed by atoms with van der Waals surface area (Å²) in [6.07, 6.45) is 2.34. The van der Waals surface area contributed by atoms with Crippen LogP contribution in [0.2, 0.25) is 0 Å². The maximum absolute atomic E-state index is 5.57. The second-order valence-electron chi connectivity index (χ2n) is 4.47. The Bertz CT molecular complexity index is 293. The van der Waals surface area contributed by atoms with Gasteiger partial charge in [0.05, 0.1) is 6.04 Å². The van der Waals surface area contributed by atoms with Gasteiger partial charge in [0.2, 0.25) is 0 Å². The molecule has 0 saturated heterocycles. The van der Waals surface area contributed by atoms with E-state index in [1.54, 1.807) is 0 Å². The fraction of sp³-hybridized carbons (Fsp3) is 0.538. The number of hydrogen-bond donors (Lipinski definition) is 2. The predicted molar refractivity (Wildman–Crippen MR) is 69.1 cm³/mol. The molecular weight excluding hydrogens is 198 g/mol. The van der Waals surface area contributed by atoms with Gasteiger partial charge in [-0.3, -0.25) is 11.3 Å². The van der Waals surface area contributed by atoms with Gasteiger partial charge < -0.3 is 4.90 Å². The summed E-state index contributed by atoms with van der Waals surface area (Å²) in [7, 11) is 4.10. The van der Waals surface area contributed by atoms with E-state index in [9.17, 15) is 0 Å². The van der Waals surface area contributed by atoms with Crippen LogP contribution in [0.5, 0.6) is 0 Å². The van der Waals surface area contributed by atoms with E-state index in [4.69, 9.17) is 5.84 Å². The standard InChI is InChI=1S/C13H23N3/c1-4-5-11-6-8-12(9-7-11)13(15-14)10-16(2)3/h6-9,13,15H,4-5,10,14H2,1-3H3. The minimum Gasteiger partial charge on any atom is -0.307 e. The van der Waals surface area contributed by atoms with Crippen LogP contribution in [0.1, 0.15) is 30.5 Å². The largest absolute Gasteiger partial charge is 0.307 e. The number of benzene rings is 1. The number of hydrogen-bond acceptors (Lipinski definition) is 3. The van der Waals surface area contributed by atoms with Gasteiger partial charge in [0, 0.05) is 6.54 Å². The monoisotopic (exact) mass is 221 g/mol. The molecule has 3 heteroatoms. The summed E-state index contributed by atoms with van der Waals surface area (Å²) in [5, 5.41) is 0. The molecule has 0 amide bonds. The van der Waals surface area contributed by atoms with Crippen molar-refractivity contribution < 1.29 is 0 Å². The lowest BCUT2D eigenvalue weighted by Gasteiger charge is -2.20. The normalized spacial score (nSPS) is 13.1. The highest BCUT2D eigenvalue weighted by molar-refractivity contribution is 5.25. The highest BCUT2D eigenvalue weighted by Gasteiger charge is 2.09. The van der Waals surface area contributed by atoms with E-state index in [1.165, 1.54) is 17.5 Å². The Morgan fingerprint density at radius 3 is 2.31 bits per heavy atom. The van der Waals surface area contributed by atoms with Crippen molar-refractivity contribution in [2.75, 3.05) is 20.6 Å². The third-order valence-electron chi connectivity index (χ3n) is 2.67. The molecule has 1 atom stereocenters. The minimum absolute atomic E-state index is 0.200. The first kappa shape index (κ1) is 13.2. The van der Waals surface area contributed by atoms with Crippen molar-refractivity contribution in [1.82, 2.24) is 10.3 Å². The Labute approximate surface area is 98.6 Å². The third-order valence-corrected chi connectivity index (χ3v) is 2.67. The van der Waals surface area contributed by atoms with Gasteiger partial charge in [-0.2, -0.15) is 0 Å². The van der Waals surface area contributed by atoms with Crippen LogP contribution in [0.3, 0.4) is 0 Å². The quantitative estimate of drug-likeness (QED) is 0.567. The van der Waals surface area contributed by atoms with E-state index in [2.05, 4.69) is 55.6 Å². The van der Waals surface area contributed by atoms with Crippen LogP contribution in [0.25, 0.3) is 0 Å². The first-order valence-corrected chi connectivity index (χ1v) is 5.87. The number of nitrogens with zero attached hydrogens (tertiary/aromatic N) is 1. The van der Waals surface area contributed by atoms with Gasteiger partial charge in [0.1, 0.15) is 0 Å². The molecule has 3 N–H and O–H groups in total. The zero-order valence-electron chi connectivity index (χ0n) is 10.5. The van der Waals surface area contributed by atoms with Crippen LogP contribution in [-0.2, 0) is 6.42 Å². The van der Waals surface area contributed by atoms with Gasteiger partial charge in [-0.15, -0.1) is 0 Å². The van der Waals surface area contributed by atoms with Gasteiger partial charge in [0.25, 0.3) is 0 Å². The molecule has 1 rings (SSSR count). The molecule has 0 aliphatic rings. The van der Waals surface area contributed by atoms with Crippen LogP contribution >= 0.6 is 0 Å². The number of rotatable bonds is 6. The number of hydrazine groups is 1. The van der Waals surface area contributed by atoms with Crippen molar-refractivity contribution in [3.8, 4) is 0 Å². The van der Waals surface area contributed by atoms with Crippen molar-refractivity contribution in [2.45, 2.75) is 25.8 Å². The molecule has 0 aliphatic heterocycles. The molecule has 0 saturated carbocycles. The molecule has 0 aromatic heterocycles. The molecule has 0 fully saturated rings. The Hall–Kier alpha value is -0.900. The molecule has 90 valence electrons. The lowest BCUT2D eigenvalue weighted by Crippen LogP contribution is -2.35. The molecule has 0 heterocycles.